The second-order valence-corrected chi connectivity index (χ2v) is 10.0. The van der Waals surface area contributed by atoms with Crippen molar-refractivity contribution in [2.24, 2.45) is 5.92 Å². The van der Waals surface area contributed by atoms with Crippen molar-refractivity contribution in [1.29, 1.82) is 0 Å². The van der Waals surface area contributed by atoms with E-state index in [1.54, 1.807) is 38.1 Å². The molecule has 184 valence electrons. The zero-order valence-electron chi connectivity index (χ0n) is 19.8. The Balaban J connectivity index is 1.42. The number of fused-ring (bicyclic) bond motifs is 2. The molecule has 1 aromatic carbocycles. The molecule has 0 unspecified atom stereocenters. The van der Waals surface area contributed by atoms with Crippen molar-refractivity contribution in [2.75, 3.05) is 11.9 Å². The number of benzene rings is 1. The molecule has 0 radical (unpaired) electrons. The van der Waals surface area contributed by atoms with Crippen molar-refractivity contribution in [3.63, 3.8) is 0 Å². The number of anilines is 1. The van der Waals surface area contributed by atoms with E-state index in [4.69, 9.17) is 9.47 Å². The van der Waals surface area contributed by atoms with Gasteiger partial charge in [-0.15, -0.1) is 11.3 Å². The average Bonchev–Trinajstić information content (AvgIpc) is 3.16. The zero-order chi connectivity index (χ0) is 25.1. The van der Waals surface area contributed by atoms with Crippen LogP contribution in [0.3, 0.4) is 0 Å². The van der Waals surface area contributed by atoms with Gasteiger partial charge in [-0.25, -0.2) is 9.78 Å². The van der Waals surface area contributed by atoms with E-state index in [0.29, 0.717) is 27.4 Å². The number of thiophene rings is 1. The third-order valence-electron chi connectivity index (χ3n) is 5.71. The number of carbonyl (C=O) groups is 3. The summed E-state index contributed by atoms with van der Waals surface area (Å²) in [5.74, 6) is -1.30. The Morgan fingerprint density at radius 1 is 1.26 bits per heavy atom. The number of hydrogen-bond acceptors (Lipinski definition) is 8. The van der Waals surface area contributed by atoms with Crippen molar-refractivity contribution in [3.05, 3.63) is 57.0 Å². The van der Waals surface area contributed by atoms with E-state index in [9.17, 15) is 19.2 Å². The summed E-state index contributed by atoms with van der Waals surface area (Å²) in [6, 6.07) is 6.82. The highest BCUT2D eigenvalue weighted by Gasteiger charge is 2.29. The van der Waals surface area contributed by atoms with Crippen LogP contribution in [0.2, 0.25) is 0 Å². The third-order valence-corrected chi connectivity index (χ3v) is 6.88. The van der Waals surface area contributed by atoms with E-state index in [-0.39, 0.29) is 18.2 Å². The summed E-state index contributed by atoms with van der Waals surface area (Å²) in [4.78, 5) is 55.4. The van der Waals surface area contributed by atoms with Crippen LogP contribution in [0.4, 0.5) is 5.00 Å². The fraction of sp³-hybridized carbons (Fsp3) is 0.400. The predicted octanol–water partition coefficient (Wildman–Crippen LogP) is 3.33. The van der Waals surface area contributed by atoms with Gasteiger partial charge in [-0.1, -0.05) is 19.1 Å². The molecule has 1 N–H and O–H groups in total. The average molecular weight is 498 g/mol. The molecule has 4 rings (SSSR count). The normalized spacial score (nSPS) is 15.0. The Morgan fingerprint density at radius 2 is 2.03 bits per heavy atom. The van der Waals surface area contributed by atoms with Crippen molar-refractivity contribution >= 4 is 45.1 Å². The predicted molar refractivity (Wildman–Crippen MR) is 132 cm³/mol. The van der Waals surface area contributed by atoms with Gasteiger partial charge in [0.2, 0.25) is 0 Å². The lowest BCUT2D eigenvalue weighted by molar-refractivity contribution is -0.147. The highest BCUT2D eigenvalue weighted by molar-refractivity contribution is 7.17. The van der Waals surface area contributed by atoms with E-state index in [2.05, 4.69) is 17.2 Å². The molecule has 2 aromatic heterocycles. The molecule has 1 atom stereocenters. The molecule has 1 aliphatic carbocycles. The highest BCUT2D eigenvalue weighted by Crippen LogP contribution is 2.40. The summed E-state index contributed by atoms with van der Waals surface area (Å²) < 4.78 is 11.6. The first-order valence-electron chi connectivity index (χ1n) is 11.5. The maximum atomic E-state index is 12.8. The Bertz CT molecular complexity index is 1340. The molecule has 1 aliphatic rings. The van der Waals surface area contributed by atoms with Crippen LogP contribution in [0.1, 0.15) is 48.0 Å². The van der Waals surface area contributed by atoms with Gasteiger partial charge in [0.25, 0.3) is 11.5 Å². The molecule has 0 saturated heterocycles. The van der Waals surface area contributed by atoms with Crippen LogP contribution in [0, 0.1) is 5.92 Å². The summed E-state index contributed by atoms with van der Waals surface area (Å²) in [5.41, 5.74) is 1.47. The van der Waals surface area contributed by atoms with Gasteiger partial charge in [0.15, 0.2) is 6.61 Å². The Morgan fingerprint density at radius 3 is 2.80 bits per heavy atom. The van der Waals surface area contributed by atoms with E-state index in [1.165, 1.54) is 17.7 Å². The van der Waals surface area contributed by atoms with E-state index < -0.39 is 24.5 Å². The largest absolute Gasteiger partial charge is 0.459 e. The number of hydrogen-bond donors (Lipinski definition) is 1. The van der Waals surface area contributed by atoms with Crippen LogP contribution >= 0.6 is 11.3 Å². The third kappa shape index (κ3) is 5.59. The molecule has 1 amide bonds. The molecular formula is C25H27N3O6S. The number of carbonyl (C=O) groups excluding carboxylic acids is 3. The fourth-order valence-electron chi connectivity index (χ4n) is 4.04. The Hall–Kier alpha value is -3.53. The molecule has 0 bridgehead atoms. The first-order valence-corrected chi connectivity index (χ1v) is 12.3. The maximum absolute atomic E-state index is 12.8. The number of ether oxygens (including phenoxy) is 2. The molecule has 0 saturated carbocycles. The molecule has 0 spiro atoms. The quantitative estimate of drug-likeness (QED) is 0.498. The second kappa shape index (κ2) is 10.4. The number of amides is 1. The monoisotopic (exact) mass is 497 g/mol. The fourth-order valence-corrected chi connectivity index (χ4v) is 5.46. The minimum atomic E-state index is -0.752. The number of rotatable bonds is 7. The number of aromatic nitrogens is 2. The van der Waals surface area contributed by atoms with Crippen LogP contribution in [0.15, 0.2) is 35.4 Å². The molecule has 0 fully saturated rings. The van der Waals surface area contributed by atoms with E-state index in [1.807, 2.05) is 0 Å². The van der Waals surface area contributed by atoms with E-state index in [0.717, 1.165) is 34.3 Å². The smallest absolute Gasteiger partial charge is 0.341 e. The molecule has 9 nitrogen and oxygen atoms in total. The van der Waals surface area contributed by atoms with Crippen molar-refractivity contribution in [1.82, 2.24) is 9.55 Å². The summed E-state index contributed by atoms with van der Waals surface area (Å²) >= 11 is 1.36. The lowest BCUT2D eigenvalue weighted by Gasteiger charge is -2.18. The molecule has 10 heteroatoms. The van der Waals surface area contributed by atoms with Crippen molar-refractivity contribution < 1.29 is 23.9 Å². The van der Waals surface area contributed by atoms with Gasteiger partial charge in [0.1, 0.15) is 11.5 Å². The van der Waals surface area contributed by atoms with Crippen LogP contribution in [-0.4, -0.2) is 40.1 Å². The van der Waals surface area contributed by atoms with E-state index >= 15 is 0 Å². The van der Waals surface area contributed by atoms with Gasteiger partial charge < -0.3 is 14.8 Å². The minimum absolute atomic E-state index is 0.293. The summed E-state index contributed by atoms with van der Waals surface area (Å²) in [5, 5.41) is 3.51. The molecule has 35 heavy (non-hydrogen) atoms. The van der Waals surface area contributed by atoms with Crippen LogP contribution in [0.5, 0.6) is 0 Å². The maximum Gasteiger partial charge on any atom is 0.341 e. The Kier molecular flexibility index (Phi) is 7.30. The van der Waals surface area contributed by atoms with Crippen LogP contribution < -0.4 is 10.9 Å². The first-order chi connectivity index (χ1) is 16.7. The number of nitrogens with zero attached hydrogens (tertiary/aromatic N) is 2. The second-order valence-electron chi connectivity index (χ2n) is 8.91. The van der Waals surface area contributed by atoms with Gasteiger partial charge in [-0.2, -0.15) is 0 Å². The van der Waals surface area contributed by atoms with Crippen LogP contribution in [0.25, 0.3) is 10.9 Å². The van der Waals surface area contributed by atoms with Crippen LogP contribution in [-0.2, 0) is 38.4 Å². The summed E-state index contributed by atoms with van der Waals surface area (Å²) in [7, 11) is 0. The van der Waals surface area contributed by atoms with Gasteiger partial charge in [-0.3, -0.25) is 19.0 Å². The summed E-state index contributed by atoms with van der Waals surface area (Å²) in [6.45, 7) is 4.77. The van der Waals surface area contributed by atoms with Gasteiger partial charge in [-0.05, 0) is 56.7 Å². The van der Waals surface area contributed by atoms with Crippen molar-refractivity contribution in [3.8, 4) is 0 Å². The standard InChI is InChI=1S/C25H27N3O6S/c1-14(2)34-25(32)22-17-9-8-15(3)10-19(17)35-23(22)27-20(29)12-33-21(30)11-28-13-26-18-7-5-4-6-16(18)24(28)31/h4-7,13-15H,8-12H2,1-3H3,(H,27,29)/t15-/m1/s1. The first kappa shape index (κ1) is 24.6. The number of nitrogens with one attached hydrogen (secondary N) is 1. The minimum Gasteiger partial charge on any atom is -0.459 e. The number of para-hydroxylation sites is 1. The Labute approximate surface area is 206 Å². The molecule has 2 heterocycles. The molecular weight excluding hydrogens is 470 g/mol. The zero-order valence-corrected chi connectivity index (χ0v) is 20.6. The van der Waals surface area contributed by atoms with Gasteiger partial charge >= 0.3 is 11.9 Å². The van der Waals surface area contributed by atoms with Gasteiger partial charge in [0.05, 0.1) is 28.9 Å². The number of esters is 2. The lowest BCUT2D eigenvalue weighted by Crippen LogP contribution is -2.28. The van der Waals surface area contributed by atoms with Gasteiger partial charge in [0, 0.05) is 4.88 Å². The lowest BCUT2D eigenvalue weighted by atomic mass is 9.88. The molecule has 3 aromatic rings. The highest BCUT2D eigenvalue weighted by atomic mass is 32.1. The topological polar surface area (TPSA) is 117 Å². The molecule has 0 aliphatic heterocycles. The SMILES string of the molecule is CC(C)OC(=O)c1c(NC(=O)COC(=O)Cn2cnc3ccccc3c2=O)sc2c1CC[C@@H](C)C2. The summed E-state index contributed by atoms with van der Waals surface area (Å²) in [6.07, 6.45) is 3.52. The van der Waals surface area contributed by atoms with Crippen molar-refractivity contribution in [2.45, 2.75) is 52.7 Å².